The van der Waals surface area contributed by atoms with Crippen LogP contribution in [0.4, 0.5) is 5.69 Å². The lowest BCUT2D eigenvalue weighted by molar-refractivity contribution is -0.146. The second-order valence-electron chi connectivity index (χ2n) is 4.01. The number of carbonyl (C=O) groups excluding carboxylic acids is 1. The Kier molecular flexibility index (Phi) is 5.75. The molecule has 0 spiro atoms. The van der Waals surface area contributed by atoms with E-state index in [-0.39, 0.29) is 0 Å². The first kappa shape index (κ1) is 14.9. The Morgan fingerprint density at radius 2 is 1.95 bits per heavy atom. The van der Waals surface area contributed by atoms with Crippen molar-refractivity contribution in [2.24, 2.45) is 0 Å². The van der Waals surface area contributed by atoms with E-state index in [9.17, 15) is 9.59 Å². The maximum absolute atomic E-state index is 10.9. The predicted molar refractivity (Wildman–Crippen MR) is 73.3 cm³/mol. The van der Waals surface area contributed by atoms with Crippen molar-refractivity contribution in [2.45, 2.75) is 0 Å². The molecule has 0 aliphatic heterocycles. The maximum Gasteiger partial charge on any atom is 0.376 e. The number of benzene rings is 1. The number of likely N-dealkylation sites (N-methyl/N-ethyl adjacent to an activating group) is 1. The van der Waals surface area contributed by atoms with E-state index in [1.165, 1.54) is 6.08 Å². The summed E-state index contributed by atoms with van der Waals surface area (Å²) in [4.78, 5) is 23.3. The molecule has 1 aromatic carbocycles. The van der Waals surface area contributed by atoms with Crippen LogP contribution < -0.4 is 4.90 Å². The fourth-order valence-electron chi connectivity index (χ4n) is 1.44. The number of ether oxygens (including phenoxy) is 1. The van der Waals surface area contributed by atoms with Crippen molar-refractivity contribution in [3.63, 3.8) is 0 Å². The number of rotatable bonds is 7. The third-order valence-electron chi connectivity index (χ3n) is 2.60. The van der Waals surface area contributed by atoms with Gasteiger partial charge in [0.15, 0.2) is 0 Å². The third-order valence-corrected chi connectivity index (χ3v) is 2.60. The fourth-order valence-corrected chi connectivity index (χ4v) is 1.44. The Bertz CT molecular complexity index is 465. The van der Waals surface area contributed by atoms with Crippen molar-refractivity contribution in [3.8, 4) is 0 Å². The molecule has 5 nitrogen and oxygen atoms in total. The average molecular weight is 263 g/mol. The van der Waals surface area contributed by atoms with Crippen molar-refractivity contribution in [2.75, 3.05) is 32.2 Å². The molecule has 0 saturated heterocycles. The second-order valence-corrected chi connectivity index (χ2v) is 4.01. The van der Waals surface area contributed by atoms with Gasteiger partial charge in [-0.05, 0) is 23.8 Å². The van der Waals surface area contributed by atoms with Crippen molar-refractivity contribution >= 4 is 23.5 Å². The zero-order valence-electron chi connectivity index (χ0n) is 11.0. The van der Waals surface area contributed by atoms with Crippen LogP contribution in [0, 0.1) is 0 Å². The van der Waals surface area contributed by atoms with Gasteiger partial charge in [0, 0.05) is 26.4 Å². The van der Waals surface area contributed by atoms with Gasteiger partial charge in [0.25, 0.3) is 5.78 Å². The lowest BCUT2D eigenvalue weighted by Crippen LogP contribution is -2.21. The molecule has 0 heterocycles. The van der Waals surface area contributed by atoms with Gasteiger partial charge in [-0.3, -0.25) is 4.79 Å². The smallest absolute Gasteiger partial charge is 0.376 e. The number of carbonyl (C=O) groups is 2. The number of carboxylic acid groups (broad SMARTS) is 1. The molecule has 5 heteroatoms. The third kappa shape index (κ3) is 4.93. The van der Waals surface area contributed by atoms with E-state index in [0.29, 0.717) is 6.61 Å². The number of anilines is 1. The molecule has 0 bridgehead atoms. The van der Waals surface area contributed by atoms with Gasteiger partial charge < -0.3 is 14.7 Å². The normalized spacial score (nSPS) is 10.6. The Balaban J connectivity index is 2.66. The topological polar surface area (TPSA) is 66.8 Å². The molecule has 0 amide bonds. The lowest BCUT2D eigenvalue weighted by Gasteiger charge is -2.18. The van der Waals surface area contributed by atoms with Crippen LogP contribution in [0.1, 0.15) is 5.56 Å². The minimum absolute atomic E-state index is 0.644. The Hall–Kier alpha value is -2.14. The molecular weight excluding hydrogens is 246 g/mol. The van der Waals surface area contributed by atoms with Crippen LogP contribution in [-0.2, 0) is 14.3 Å². The van der Waals surface area contributed by atoms with Gasteiger partial charge in [0.2, 0.25) is 0 Å². The molecule has 0 atom stereocenters. The zero-order valence-corrected chi connectivity index (χ0v) is 11.0. The van der Waals surface area contributed by atoms with Crippen LogP contribution in [0.25, 0.3) is 6.08 Å². The minimum Gasteiger partial charge on any atom is -0.475 e. The van der Waals surface area contributed by atoms with E-state index in [1.807, 2.05) is 36.2 Å². The summed E-state index contributed by atoms with van der Waals surface area (Å²) in [6, 6.07) is 7.45. The Morgan fingerprint density at radius 1 is 1.32 bits per heavy atom. The van der Waals surface area contributed by atoms with Crippen molar-refractivity contribution in [1.82, 2.24) is 0 Å². The molecule has 0 saturated carbocycles. The monoisotopic (exact) mass is 263 g/mol. The van der Waals surface area contributed by atoms with E-state index in [2.05, 4.69) is 0 Å². The predicted octanol–water partition coefficient (Wildman–Crippen LogP) is 1.44. The standard InChI is InChI=1S/C14H17NO4/c1-15(9-10-19-2)12-6-3-11(4-7-12)5-8-13(16)14(17)18/h3-8H,9-10H2,1-2H3,(H,17,18). The second kappa shape index (κ2) is 7.33. The fraction of sp³-hybridized carbons (Fsp3) is 0.286. The molecule has 0 aromatic heterocycles. The number of hydrogen-bond acceptors (Lipinski definition) is 4. The molecule has 0 radical (unpaired) electrons. The summed E-state index contributed by atoms with van der Waals surface area (Å²) in [5.41, 5.74) is 1.80. The molecule has 1 N–H and O–H groups in total. The summed E-state index contributed by atoms with van der Waals surface area (Å²) < 4.78 is 5.00. The van der Waals surface area contributed by atoms with Crippen LogP contribution in [0.3, 0.4) is 0 Å². The van der Waals surface area contributed by atoms with Crippen molar-refractivity contribution in [3.05, 3.63) is 35.9 Å². The Labute approximate surface area is 112 Å². The van der Waals surface area contributed by atoms with E-state index >= 15 is 0 Å². The first-order chi connectivity index (χ1) is 9.04. The molecule has 1 rings (SSSR count). The molecule has 0 fully saturated rings. The highest BCUT2D eigenvalue weighted by Crippen LogP contribution is 2.14. The molecular formula is C14H17NO4. The number of carboxylic acids is 1. The first-order valence-corrected chi connectivity index (χ1v) is 5.80. The van der Waals surface area contributed by atoms with Crippen LogP contribution in [-0.4, -0.2) is 44.2 Å². The van der Waals surface area contributed by atoms with Gasteiger partial charge in [0.1, 0.15) is 0 Å². The highest BCUT2D eigenvalue weighted by molar-refractivity contribution is 6.38. The first-order valence-electron chi connectivity index (χ1n) is 5.80. The van der Waals surface area contributed by atoms with E-state index in [0.717, 1.165) is 23.9 Å². The van der Waals surface area contributed by atoms with Crippen LogP contribution in [0.5, 0.6) is 0 Å². The van der Waals surface area contributed by atoms with Crippen LogP contribution in [0.15, 0.2) is 30.3 Å². The highest BCUT2D eigenvalue weighted by atomic mass is 16.5. The lowest BCUT2D eigenvalue weighted by atomic mass is 10.1. The van der Waals surface area contributed by atoms with E-state index < -0.39 is 11.8 Å². The maximum atomic E-state index is 10.9. The van der Waals surface area contributed by atoms with Gasteiger partial charge in [0.05, 0.1) is 6.61 Å². The van der Waals surface area contributed by atoms with Gasteiger partial charge in [-0.2, -0.15) is 0 Å². The quantitative estimate of drug-likeness (QED) is 0.595. The number of hydrogen-bond donors (Lipinski definition) is 1. The summed E-state index contributed by atoms with van der Waals surface area (Å²) in [7, 11) is 3.61. The Morgan fingerprint density at radius 3 is 2.47 bits per heavy atom. The van der Waals surface area contributed by atoms with E-state index in [4.69, 9.17) is 9.84 Å². The number of aliphatic carboxylic acids is 1. The largest absolute Gasteiger partial charge is 0.475 e. The van der Waals surface area contributed by atoms with Gasteiger partial charge in [-0.1, -0.05) is 18.2 Å². The number of ketones is 1. The number of methoxy groups -OCH3 is 1. The van der Waals surface area contributed by atoms with Crippen LogP contribution >= 0.6 is 0 Å². The molecule has 0 unspecified atom stereocenters. The summed E-state index contributed by atoms with van der Waals surface area (Å²) >= 11 is 0. The minimum atomic E-state index is -1.45. The highest BCUT2D eigenvalue weighted by Gasteiger charge is 2.05. The van der Waals surface area contributed by atoms with Crippen molar-refractivity contribution < 1.29 is 19.4 Å². The van der Waals surface area contributed by atoms with Crippen molar-refractivity contribution in [1.29, 1.82) is 0 Å². The summed E-state index contributed by atoms with van der Waals surface area (Å²) in [5, 5.41) is 8.44. The number of nitrogens with zero attached hydrogens (tertiary/aromatic N) is 1. The summed E-state index contributed by atoms with van der Waals surface area (Å²) in [6.07, 6.45) is 2.53. The van der Waals surface area contributed by atoms with Crippen LogP contribution in [0.2, 0.25) is 0 Å². The van der Waals surface area contributed by atoms with E-state index in [1.54, 1.807) is 7.11 Å². The molecule has 102 valence electrons. The molecule has 19 heavy (non-hydrogen) atoms. The summed E-state index contributed by atoms with van der Waals surface area (Å²) in [6.45, 7) is 1.43. The molecule has 0 aliphatic rings. The SMILES string of the molecule is COCCN(C)c1ccc(C=CC(=O)C(=O)O)cc1. The van der Waals surface area contributed by atoms with Gasteiger partial charge in [-0.15, -0.1) is 0 Å². The van der Waals surface area contributed by atoms with Gasteiger partial charge >= 0.3 is 5.97 Å². The average Bonchev–Trinajstić information content (AvgIpc) is 2.42. The summed E-state index contributed by atoms with van der Waals surface area (Å²) in [5.74, 6) is -2.38. The molecule has 0 aliphatic carbocycles. The van der Waals surface area contributed by atoms with Gasteiger partial charge in [-0.25, -0.2) is 4.79 Å². The zero-order chi connectivity index (χ0) is 14.3. The molecule has 1 aromatic rings.